The fraction of sp³-hybridized carbons (Fsp3) is 0.355. The number of aliphatic hydroxyl groups is 1. The first-order valence-electron chi connectivity index (χ1n) is 14.5. The molecule has 9 nitrogen and oxygen atoms in total. The van der Waals surface area contributed by atoms with Gasteiger partial charge in [-0.25, -0.2) is 23.1 Å². The standard InChI is InChI=1S/C31H30F3N7O2S/c1-17-22(18-2-4-20(5-3-18)39-9-6-21(42)7-10-39)13-23(29(33)34)24-15-41(38-26(17)24)28(30(43)37-31-35-8-11-44-31)27-25-12-19(32)14-40(25)16-36-27/h2-5,8,11,13,15-16,19,21,28-29,42H,6-7,9-10,12,14H2,1H3,(H,35,37,43)/t19-,28?/m1/s1. The number of alkyl halides is 3. The molecule has 1 saturated heterocycles. The number of fused-ring (bicyclic) bond motifs is 2. The lowest BCUT2D eigenvalue weighted by Gasteiger charge is -2.31. The van der Waals surface area contributed by atoms with Crippen molar-refractivity contribution in [1.29, 1.82) is 0 Å². The van der Waals surface area contributed by atoms with Crippen molar-refractivity contribution in [1.82, 2.24) is 24.3 Å². The number of nitrogens with zero attached hydrogens (tertiary/aromatic N) is 6. The third-order valence-corrected chi connectivity index (χ3v) is 9.26. The maximum atomic E-state index is 14.6. The molecule has 1 fully saturated rings. The van der Waals surface area contributed by atoms with Crippen LogP contribution in [-0.2, 0) is 17.8 Å². The monoisotopic (exact) mass is 621 g/mol. The molecule has 3 aromatic heterocycles. The van der Waals surface area contributed by atoms with Crippen LogP contribution in [0.1, 0.15) is 47.8 Å². The Morgan fingerprint density at radius 2 is 1.93 bits per heavy atom. The lowest BCUT2D eigenvalue weighted by atomic mass is 9.95. The van der Waals surface area contributed by atoms with Crippen molar-refractivity contribution < 1.29 is 23.1 Å². The number of carbonyl (C=O) groups excluding carboxylic acids is 1. The largest absolute Gasteiger partial charge is 0.393 e. The minimum absolute atomic E-state index is 0.0939. The molecule has 0 saturated carbocycles. The summed E-state index contributed by atoms with van der Waals surface area (Å²) < 4.78 is 46.5. The van der Waals surface area contributed by atoms with Gasteiger partial charge in [-0.2, -0.15) is 5.10 Å². The maximum Gasteiger partial charge on any atom is 0.264 e. The number of rotatable bonds is 7. The molecule has 2 aromatic carbocycles. The first kappa shape index (κ1) is 28.5. The van der Waals surface area contributed by atoms with Crippen LogP contribution in [0.15, 0.2) is 54.4 Å². The Kier molecular flexibility index (Phi) is 7.37. The van der Waals surface area contributed by atoms with Gasteiger partial charge in [0.1, 0.15) is 6.17 Å². The van der Waals surface area contributed by atoms with Crippen molar-refractivity contribution in [2.45, 2.75) is 57.5 Å². The van der Waals surface area contributed by atoms with E-state index in [2.05, 4.69) is 20.2 Å². The van der Waals surface area contributed by atoms with Gasteiger partial charge >= 0.3 is 0 Å². The smallest absolute Gasteiger partial charge is 0.264 e. The number of nitrogens with one attached hydrogen (secondary N) is 1. The van der Waals surface area contributed by atoms with Crippen LogP contribution >= 0.6 is 11.3 Å². The molecule has 5 aromatic rings. The first-order chi connectivity index (χ1) is 21.3. The number of hydrogen-bond acceptors (Lipinski definition) is 7. The third-order valence-electron chi connectivity index (χ3n) is 8.57. The zero-order valence-electron chi connectivity index (χ0n) is 23.8. The van der Waals surface area contributed by atoms with Crippen molar-refractivity contribution in [3.05, 3.63) is 76.9 Å². The van der Waals surface area contributed by atoms with Crippen LogP contribution in [0.2, 0.25) is 0 Å². The fourth-order valence-electron chi connectivity index (χ4n) is 6.28. The van der Waals surface area contributed by atoms with Gasteiger partial charge in [0.05, 0.1) is 30.2 Å². The van der Waals surface area contributed by atoms with E-state index in [0.29, 0.717) is 46.0 Å². The van der Waals surface area contributed by atoms with Crippen LogP contribution in [0.25, 0.3) is 22.0 Å². The van der Waals surface area contributed by atoms with Crippen LogP contribution in [0.4, 0.5) is 24.0 Å². The van der Waals surface area contributed by atoms with E-state index in [1.165, 1.54) is 34.6 Å². The number of aromatic nitrogens is 5. The van der Waals surface area contributed by atoms with E-state index >= 15 is 0 Å². The fourth-order valence-corrected chi connectivity index (χ4v) is 6.82. The number of piperidine rings is 1. The highest BCUT2D eigenvalue weighted by atomic mass is 32.1. The quantitative estimate of drug-likeness (QED) is 0.242. The number of benzene rings is 2. The van der Waals surface area contributed by atoms with Gasteiger partial charge < -0.3 is 14.6 Å². The third kappa shape index (κ3) is 5.13. The average Bonchev–Trinajstić information content (AvgIpc) is 3.81. The van der Waals surface area contributed by atoms with Crippen LogP contribution in [0, 0.1) is 6.92 Å². The summed E-state index contributed by atoms with van der Waals surface area (Å²) in [7, 11) is 0. The lowest BCUT2D eigenvalue weighted by molar-refractivity contribution is -0.118. The predicted molar refractivity (Wildman–Crippen MR) is 162 cm³/mol. The van der Waals surface area contributed by atoms with Crippen molar-refractivity contribution in [3.63, 3.8) is 0 Å². The summed E-state index contributed by atoms with van der Waals surface area (Å²) in [5.74, 6) is -0.506. The number of aryl methyl sites for hydroxylation is 1. The number of halogens is 3. The molecular formula is C31H30F3N7O2S. The Bertz CT molecular complexity index is 1810. The van der Waals surface area contributed by atoms with Crippen molar-refractivity contribution >= 4 is 39.0 Å². The highest BCUT2D eigenvalue weighted by Crippen LogP contribution is 2.38. The van der Waals surface area contributed by atoms with E-state index in [1.54, 1.807) is 16.1 Å². The summed E-state index contributed by atoms with van der Waals surface area (Å²) in [6, 6.07) is 8.11. The minimum Gasteiger partial charge on any atom is -0.393 e. The molecule has 5 heterocycles. The van der Waals surface area contributed by atoms with Crippen LogP contribution in [0.3, 0.4) is 0 Å². The second-order valence-corrected chi connectivity index (χ2v) is 12.2. The number of anilines is 2. The molecule has 0 bridgehead atoms. The van der Waals surface area contributed by atoms with Gasteiger partial charge in [0.15, 0.2) is 11.2 Å². The van der Waals surface area contributed by atoms with Crippen molar-refractivity contribution in [2.24, 2.45) is 0 Å². The molecule has 0 spiro atoms. The molecule has 7 rings (SSSR count). The van der Waals surface area contributed by atoms with Gasteiger partial charge in [-0.15, -0.1) is 11.3 Å². The van der Waals surface area contributed by atoms with Crippen molar-refractivity contribution in [3.8, 4) is 11.1 Å². The molecule has 228 valence electrons. The Labute approximate surface area is 255 Å². The zero-order chi connectivity index (χ0) is 30.5. The highest BCUT2D eigenvalue weighted by Gasteiger charge is 2.35. The summed E-state index contributed by atoms with van der Waals surface area (Å²) in [6.45, 7) is 3.47. The molecule has 2 aliphatic rings. The Hall–Kier alpha value is -4.23. The van der Waals surface area contributed by atoms with E-state index in [9.17, 15) is 23.1 Å². The molecule has 13 heteroatoms. The molecule has 0 aliphatic carbocycles. The number of imidazole rings is 1. The number of carbonyl (C=O) groups is 1. The van der Waals surface area contributed by atoms with E-state index < -0.39 is 24.5 Å². The Morgan fingerprint density at radius 1 is 1.16 bits per heavy atom. The summed E-state index contributed by atoms with van der Waals surface area (Å²) in [6.07, 6.45) is 1.85. The normalized spacial score (nSPS) is 17.9. The minimum atomic E-state index is -2.79. The highest BCUT2D eigenvalue weighted by molar-refractivity contribution is 7.13. The van der Waals surface area contributed by atoms with E-state index in [-0.39, 0.29) is 30.0 Å². The van der Waals surface area contributed by atoms with Gasteiger partial charge in [0, 0.05) is 59.6 Å². The molecular weight excluding hydrogens is 591 g/mol. The predicted octanol–water partition coefficient (Wildman–Crippen LogP) is 5.69. The second-order valence-electron chi connectivity index (χ2n) is 11.3. The van der Waals surface area contributed by atoms with Gasteiger partial charge in [-0.1, -0.05) is 12.1 Å². The van der Waals surface area contributed by atoms with Crippen LogP contribution in [-0.4, -0.2) is 60.7 Å². The van der Waals surface area contributed by atoms with Crippen LogP contribution in [0.5, 0.6) is 0 Å². The number of aliphatic hydroxyl groups excluding tert-OH is 1. The van der Waals surface area contributed by atoms with Gasteiger partial charge in [0.2, 0.25) is 0 Å². The van der Waals surface area contributed by atoms with Gasteiger partial charge in [-0.3, -0.25) is 14.8 Å². The summed E-state index contributed by atoms with van der Waals surface area (Å²) in [5.41, 5.74) is 4.13. The Morgan fingerprint density at radius 3 is 2.64 bits per heavy atom. The molecule has 1 amide bonds. The van der Waals surface area contributed by atoms with E-state index in [0.717, 1.165) is 24.3 Å². The molecule has 2 atom stereocenters. The van der Waals surface area contributed by atoms with Gasteiger partial charge in [-0.05, 0) is 54.7 Å². The molecule has 44 heavy (non-hydrogen) atoms. The SMILES string of the molecule is Cc1c(-c2ccc(N3CCC(O)CC3)cc2)cc(C(F)F)c2cn(C(C(=O)Nc3nccs3)c3ncn4c3C[C@@H](F)C4)nc12. The topological polar surface area (TPSA) is 101 Å². The Balaban J connectivity index is 1.30. The first-order valence-corrected chi connectivity index (χ1v) is 15.4. The maximum absolute atomic E-state index is 14.6. The second kappa shape index (κ2) is 11.4. The molecule has 2 aliphatic heterocycles. The molecule has 2 N–H and O–H groups in total. The summed E-state index contributed by atoms with van der Waals surface area (Å²) in [4.78, 5) is 24.5. The van der Waals surface area contributed by atoms with Gasteiger partial charge in [0.25, 0.3) is 12.3 Å². The average molecular weight is 622 g/mol. The number of hydrogen-bond donors (Lipinski definition) is 2. The zero-order valence-corrected chi connectivity index (χ0v) is 24.6. The van der Waals surface area contributed by atoms with Crippen molar-refractivity contribution in [2.75, 3.05) is 23.3 Å². The van der Waals surface area contributed by atoms with E-state index in [1.807, 2.05) is 31.2 Å². The van der Waals surface area contributed by atoms with E-state index in [4.69, 9.17) is 5.10 Å². The lowest BCUT2D eigenvalue weighted by Crippen LogP contribution is -2.35. The number of thiazole rings is 1. The molecule has 1 unspecified atom stereocenters. The van der Waals surface area contributed by atoms with Crippen LogP contribution < -0.4 is 10.2 Å². The summed E-state index contributed by atoms with van der Waals surface area (Å²) in [5, 5.41) is 19.7. The number of amides is 1. The summed E-state index contributed by atoms with van der Waals surface area (Å²) >= 11 is 1.24. The molecule has 0 radical (unpaired) electrons.